The van der Waals surface area contributed by atoms with Crippen molar-refractivity contribution in [3.05, 3.63) is 76.1 Å². The Hall–Kier alpha value is -4.31. The third kappa shape index (κ3) is 6.31. The van der Waals surface area contributed by atoms with Crippen LogP contribution in [-0.4, -0.2) is 63.1 Å². The third-order valence-electron chi connectivity index (χ3n) is 8.54. The van der Waals surface area contributed by atoms with E-state index in [0.717, 1.165) is 56.4 Å². The molecule has 0 atom stereocenters. The fourth-order valence-electron chi connectivity index (χ4n) is 6.23. The number of nitrogens with zero attached hydrogens (tertiary/aromatic N) is 4. The quantitative estimate of drug-likeness (QED) is 0.252. The highest BCUT2D eigenvalue weighted by Gasteiger charge is 2.24. The van der Waals surface area contributed by atoms with Crippen molar-refractivity contribution in [2.75, 3.05) is 36.4 Å². The number of aliphatic hydroxyl groups excluding tert-OH is 1. The molecular weight excluding hydrogens is 559 g/mol. The summed E-state index contributed by atoms with van der Waals surface area (Å²) in [5, 5.41) is 13.4. The van der Waals surface area contributed by atoms with Crippen LogP contribution in [-0.2, 0) is 6.42 Å². The molecule has 2 saturated heterocycles. The van der Waals surface area contributed by atoms with E-state index in [0.29, 0.717) is 53.2 Å². The lowest BCUT2D eigenvalue weighted by Crippen LogP contribution is -2.36. The van der Waals surface area contributed by atoms with Crippen molar-refractivity contribution in [3.63, 3.8) is 0 Å². The zero-order valence-corrected chi connectivity index (χ0v) is 25.3. The van der Waals surface area contributed by atoms with Crippen LogP contribution >= 0.6 is 0 Å². The number of nitrogens with one attached hydrogen (secondary N) is 2. The fourth-order valence-corrected chi connectivity index (χ4v) is 6.23. The van der Waals surface area contributed by atoms with E-state index in [1.165, 1.54) is 12.3 Å². The van der Waals surface area contributed by atoms with E-state index in [1.807, 2.05) is 17.0 Å². The molecule has 10 heteroatoms. The van der Waals surface area contributed by atoms with Gasteiger partial charge in [-0.25, -0.2) is 14.4 Å². The van der Waals surface area contributed by atoms with Crippen LogP contribution in [0.15, 0.2) is 53.6 Å². The van der Waals surface area contributed by atoms with Crippen LogP contribution in [0.2, 0.25) is 0 Å². The molecule has 1 aromatic carbocycles. The number of piperidine rings is 2. The molecule has 3 N–H and O–H groups in total. The number of benzene rings is 1. The standard InChI is InChI=1S/C34H39FN6O3/c1-21(2)16-22-17-26(27(35)18-25(22)34(44)41-12-4-3-5-13-41)29-19-30(32-28(38-29)8-11-36-33(32)43)39-31-7-6-23(20-37-31)40-14-9-24(42)10-15-40/h6-8,11,17-21,24,42H,3-5,9-10,12-16H2,1-2H3,(H,36,43)(H,37,38,39). The van der Waals surface area contributed by atoms with Gasteiger partial charge in [0.2, 0.25) is 0 Å². The van der Waals surface area contributed by atoms with E-state index in [-0.39, 0.29) is 29.1 Å². The lowest BCUT2D eigenvalue weighted by molar-refractivity contribution is 0.0722. The summed E-state index contributed by atoms with van der Waals surface area (Å²) in [7, 11) is 0. The van der Waals surface area contributed by atoms with Gasteiger partial charge in [0.05, 0.1) is 40.3 Å². The number of aromatic amines is 1. The number of rotatable bonds is 7. The van der Waals surface area contributed by atoms with Gasteiger partial charge in [0.15, 0.2) is 0 Å². The van der Waals surface area contributed by atoms with Crippen LogP contribution in [0.1, 0.15) is 61.9 Å². The molecule has 2 aliphatic rings. The molecule has 3 aromatic heterocycles. The van der Waals surface area contributed by atoms with Gasteiger partial charge in [0.25, 0.3) is 11.5 Å². The summed E-state index contributed by atoms with van der Waals surface area (Å²) in [6.07, 6.45) is 8.11. The number of hydrogen-bond donors (Lipinski definition) is 3. The molecule has 0 unspecified atom stereocenters. The summed E-state index contributed by atoms with van der Waals surface area (Å²) in [4.78, 5) is 42.4. The Labute approximate surface area is 256 Å². The zero-order valence-electron chi connectivity index (χ0n) is 25.3. The molecule has 0 spiro atoms. The number of fused-ring (bicyclic) bond motifs is 1. The number of H-pyrrole nitrogens is 1. The minimum Gasteiger partial charge on any atom is -0.393 e. The summed E-state index contributed by atoms with van der Waals surface area (Å²) in [5.41, 5.74) is 3.32. The van der Waals surface area contributed by atoms with Crippen molar-refractivity contribution < 1.29 is 14.3 Å². The summed E-state index contributed by atoms with van der Waals surface area (Å²) in [6.45, 7) is 7.05. The lowest BCUT2D eigenvalue weighted by Gasteiger charge is -2.31. The molecule has 6 rings (SSSR count). The summed E-state index contributed by atoms with van der Waals surface area (Å²) in [5.74, 6) is 0.123. The van der Waals surface area contributed by atoms with Crippen LogP contribution in [0.25, 0.3) is 22.2 Å². The lowest BCUT2D eigenvalue weighted by atomic mass is 9.93. The highest BCUT2D eigenvalue weighted by Crippen LogP contribution is 2.33. The smallest absolute Gasteiger partial charge is 0.259 e. The summed E-state index contributed by atoms with van der Waals surface area (Å²) >= 11 is 0. The van der Waals surface area contributed by atoms with Crippen molar-refractivity contribution in [3.8, 4) is 11.3 Å². The monoisotopic (exact) mass is 598 g/mol. The number of likely N-dealkylation sites (tertiary alicyclic amines) is 1. The van der Waals surface area contributed by atoms with Gasteiger partial charge in [-0.3, -0.25) is 9.59 Å². The van der Waals surface area contributed by atoms with E-state index >= 15 is 4.39 Å². The van der Waals surface area contributed by atoms with Crippen LogP contribution in [0.5, 0.6) is 0 Å². The van der Waals surface area contributed by atoms with E-state index in [9.17, 15) is 14.7 Å². The Bertz CT molecular complexity index is 1710. The second-order valence-corrected chi connectivity index (χ2v) is 12.3. The van der Waals surface area contributed by atoms with Gasteiger partial charge in [0.1, 0.15) is 11.6 Å². The number of pyridine rings is 3. The third-order valence-corrected chi connectivity index (χ3v) is 8.54. The minimum atomic E-state index is -0.533. The Kier molecular flexibility index (Phi) is 8.61. The highest BCUT2D eigenvalue weighted by molar-refractivity contribution is 5.97. The number of aliphatic hydroxyl groups is 1. The van der Waals surface area contributed by atoms with Crippen molar-refractivity contribution >= 4 is 34.0 Å². The van der Waals surface area contributed by atoms with E-state index in [1.54, 1.807) is 24.4 Å². The maximum atomic E-state index is 15.9. The van der Waals surface area contributed by atoms with Crippen LogP contribution in [0, 0.1) is 11.7 Å². The van der Waals surface area contributed by atoms with E-state index in [2.05, 4.69) is 34.0 Å². The number of carbonyl (C=O) groups excluding carboxylic acids is 1. The number of amides is 1. The van der Waals surface area contributed by atoms with Gasteiger partial charge in [-0.15, -0.1) is 0 Å². The highest BCUT2D eigenvalue weighted by atomic mass is 19.1. The Morgan fingerprint density at radius 1 is 1.09 bits per heavy atom. The zero-order chi connectivity index (χ0) is 30.8. The van der Waals surface area contributed by atoms with Crippen molar-refractivity contribution in [2.45, 2.75) is 58.5 Å². The molecule has 1 amide bonds. The maximum Gasteiger partial charge on any atom is 0.259 e. The van der Waals surface area contributed by atoms with Gasteiger partial charge in [-0.2, -0.15) is 0 Å². The molecule has 4 aromatic rings. The second-order valence-electron chi connectivity index (χ2n) is 12.3. The predicted molar refractivity (Wildman–Crippen MR) is 171 cm³/mol. The van der Waals surface area contributed by atoms with Crippen molar-refractivity contribution in [2.24, 2.45) is 5.92 Å². The predicted octanol–water partition coefficient (Wildman–Crippen LogP) is 5.65. The average molecular weight is 599 g/mol. The molecule has 5 heterocycles. The molecule has 0 radical (unpaired) electrons. The van der Waals surface area contributed by atoms with Crippen LogP contribution < -0.4 is 15.8 Å². The van der Waals surface area contributed by atoms with Gasteiger partial charge in [-0.05, 0) is 86.4 Å². The van der Waals surface area contributed by atoms with E-state index in [4.69, 9.17) is 4.98 Å². The molecule has 2 aliphatic heterocycles. The Morgan fingerprint density at radius 2 is 1.86 bits per heavy atom. The largest absolute Gasteiger partial charge is 0.393 e. The molecule has 44 heavy (non-hydrogen) atoms. The fraction of sp³-hybridized carbons (Fsp3) is 0.412. The Balaban J connectivity index is 1.37. The second kappa shape index (κ2) is 12.7. The topological polar surface area (TPSA) is 114 Å². The minimum absolute atomic E-state index is 0.124. The normalized spacial score (nSPS) is 16.1. The summed E-state index contributed by atoms with van der Waals surface area (Å²) < 4.78 is 15.9. The molecule has 9 nitrogen and oxygen atoms in total. The molecule has 0 bridgehead atoms. The number of hydrogen-bond acceptors (Lipinski definition) is 7. The SMILES string of the molecule is CC(C)Cc1cc(-c2cc(Nc3ccc(N4CCC(O)CC4)cn3)c3c(=O)[nH]ccc3n2)c(F)cc1C(=O)N1CCCCC1. The number of anilines is 3. The van der Waals surface area contributed by atoms with Gasteiger partial charge in [-0.1, -0.05) is 13.8 Å². The number of halogens is 1. The summed E-state index contributed by atoms with van der Waals surface area (Å²) in [6, 6.07) is 10.3. The molecule has 0 aliphatic carbocycles. The maximum absolute atomic E-state index is 15.9. The van der Waals surface area contributed by atoms with E-state index < -0.39 is 5.82 Å². The van der Waals surface area contributed by atoms with Crippen molar-refractivity contribution in [1.82, 2.24) is 19.9 Å². The van der Waals surface area contributed by atoms with Crippen LogP contribution in [0.3, 0.4) is 0 Å². The van der Waals surface area contributed by atoms with Crippen molar-refractivity contribution in [1.29, 1.82) is 0 Å². The van der Waals surface area contributed by atoms with Gasteiger partial charge < -0.3 is 25.2 Å². The first kappa shape index (κ1) is 29.7. The van der Waals surface area contributed by atoms with Gasteiger partial charge >= 0.3 is 0 Å². The van der Waals surface area contributed by atoms with Crippen LogP contribution in [0.4, 0.5) is 21.6 Å². The molecule has 2 fully saturated rings. The molecule has 0 saturated carbocycles. The first-order valence-electron chi connectivity index (χ1n) is 15.6. The first-order chi connectivity index (χ1) is 21.3. The number of carbonyl (C=O) groups is 1. The number of aromatic nitrogens is 3. The van der Waals surface area contributed by atoms with Gasteiger partial charge in [0, 0.05) is 43.5 Å². The molecule has 230 valence electrons. The molecular formula is C34H39FN6O3. The average Bonchev–Trinajstić information content (AvgIpc) is 3.02. The Morgan fingerprint density at radius 3 is 2.57 bits per heavy atom. The first-order valence-corrected chi connectivity index (χ1v) is 15.6.